The zero-order valence-corrected chi connectivity index (χ0v) is 14.2. The van der Waals surface area contributed by atoms with Gasteiger partial charge in [-0.2, -0.15) is 0 Å². The van der Waals surface area contributed by atoms with Gasteiger partial charge in [-0.25, -0.2) is 4.98 Å². The summed E-state index contributed by atoms with van der Waals surface area (Å²) in [6.07, 6.45) is 5.38. The molecule has 2 aromatic heterocycles. The molecule has 1 aliphatic carbocycles. The molecular formula is C16H21N3S2. The predicted molar refractivity (Wildman–Crippen MR) is 91.2 cm³/mol. The van der Waals surface area contributed by atoms with E-state index in [4.69, 9.17) is 10.4 Å². The number of thiophene rings is 1. The number of fused-ring (bicyclic) bond motifs is 3. The second-order valence-electron chi connectivity index (χ2n) is 5.62. The van der Waals surface area contributed by atoms with Crippen LogP contribution in [0.2, 0.25) is 0 Å². The molecule has 3 rings (SSSR count). The van der Waals surface area contributed by atoms with Crippen LogP contribution in [-0.4, -0.2) is 15.3 Å². The number of nitrogens with zero attached hydrogens (tertiary/aromatic N) is 2. The molecule has 1 aliphatic rings. The van der Waals surface area contributed by atoms with Gasteiger partial charge in [-0.15, -0.1) is 17.9 Å². The number of thioether (sulfide) groups is 1. The van der Waals surface area contributed by atoms with Gasteiger partial charge in [-0.05, 0) is 37.7 Å². The van der Waals surface area contributed by atoms with Crippen LogP contribution in [0.3, 0.4) is 0 Å². The van der Waals surface area contributed by atoms with Crippen molar-refractivity contribution in [2.75, 3.05) is 5.75 Å². The second kappa shape index (κ2) is 5.97. The van der Waals surface area contributed by atoms with Crippen LogP contribution in [0.5, 0.6) is 0 Å². The molecule has 112 valence electrons. The van der Waals surface area contributed by atoms with E-state index >= 15 is 0 Å². The summed E-state index contributed by atoms with van der Waals surface area (Å²) >= 11 is 3.47. The quantitative estimate of drug-likeness (QED) is 0.526. The van der Waals surface area contributed by atoms with E-state index in [1.807, 2.05) is 10.6 Å². The highest BCUT2D eigenvalue weighted by Crippen LogP contribution is 2.36. The van der Waals surface area contributed by atoms with E-state index in [-0.39, 0.29) is 0 Å². The lowest BCUT2D eigenvalue weighted by atomic mass is 9.89. The van der Waals surface area contributed by atoms with Crippen molar-refractivity contribution in [3.8, 4) is 0 Å². The Kier molecular flexibility index (Phi) is 4.22. The van der Waals surface area contributed by atoms with Gasteiger partial charge in [0.25, 0.3) is 0 Å². The van der Waals surface area contributed by atoms with Gasteiger partial charge in [0, 0.05) is 17.2 Å². The summed E-state index contributed by atoms with van der Waals surface area (Å²) < 4.78 is 2.03. The number of aryl methyl sites for hydroxylation is 1. The Morgan fingerprint density at radius 1 is 1.57 bits per heavy atom. The van der Waals surface area contributed by atoms with Crippen LogP contribution in [0.15, 0.2) is 17.8 Å². The van der Waals surface area contributed by atoms with E-state index in [9.17, 15) is 0 Å². The lowest BCUT2D eigenvalue weighted by molar-refractivity contribution is 0.508. The number of nitrogens with one attached hydrogen (secondary N) is 1. The Hall–Kier alpha value is -1.07. The predicted octanol–water partition coefficient (Wildman–Crippen LogP) is 4.00. The summed E-state index contributed by atoms with van der Waals surface area (Å²) in [6.45, 7) is 8.98. The first-order valence-electron chi connectivity index (χ1n) is 7.49. The number of hydrogen-bond donors (Lipinski definition) is 1. The first kappa shape index (κ1) is 14.9. The van der Waals surface area contributed by atoms with Gasteiger partial charge < -0.3 is 4.57 Å². The van der Waals surface area contributed by atoms with Gasteiger partial charge in [-0.1, -0.05) is 24.8 Å². The SMILES string of the molecule is C=CCSc1nc2sc3c(c2c(=N)n1CC)CC[C@@H](C)C3. The fraction of sp³-hybridized carbons (Fsp3) is 0.500. The summed E-state index contributed by atoms with van der Waals surface area (Å²) in [4.78, 5) is 7.36. The Bertz CT molecular complexity index is 742. The maximum atomic E-state index is 8.61. The molecular weight excluding hydrogens is 298 g/mol. The molecule has 1 N–H and O–H groups in total. The van der Waals surface area contributed by atoms with Crippen molar-refractivity contribution < 1.29 is 0 Å². The zero-order valence-electron chi connectivity index (χ0n) is 12.6. The third-order valence-corrected chi connectivity index (χ3v) is 6.19. The maximum Gasteiger partial charge on any atom is 0.171 e. The van der Waals surface area contributed by atoms with Gasteiger partial charge in [0.1, 0.15) is 10.3 Å². The summed E-state index contributed by atoms with van der Waals surface area (Å²) in [5, 5.41) is 10.7. The second-order valence-corrected chi connectivity index (χ2v) is 7.69. The van der Waals surface area contributed by atoms with Crippen molar-refractivity contribution >= 4 is 33.3 Å². The Morgan fingerprint density at radius 2 is 2.38 bits per heavy atom. The molecule has 2 heterocycles. The van der Waals surface area contributed by atoms with Crippen LogP contribution in [0.25, 0.3) is 10.2 Å². The van der Waals surface area contributed by atoms with Gasteiger partial charge in [-0.3, -0.25) is 5.41 Å². The minimum Gasteiger partial charge on any atom is -0.306 e. The van der Waals surface area contributed by atoms with Crippen molar-refractivity contribution in [2.24, 2.45) is 5.92 Å². The maximum absolute atomic E-state index is 8.61. The number of rotatable bonds is 4. The molecule has 2 aromatic rings. The van der Waals surface area contributed by atoms with E-state index < -0.39 is 0 Å². The van der Waals surface area contributed by atoms with Crippen molar-refractivity contribution in [3.05, 3.63) is 28.6 Å². The summed E-state index contributed by atoms with van der Waals surface area (Å²) in [7, 11) is 0. The number of aromatic nitrogens is 2. The van der Waals surface area contributed by atoms with Crippen LogP contribution in [-0.2, 0) is 19.4 Å². The third-order valence-electron chi connectivity index (χ3n) is 4.07. The smallest absolute Gasteiger partial charge is 0.171 e. The standard InChI is InChI=1S/C16H21N3S2/c1-4-8-20-16-18-15-13(14(17)19(16)5-2)11-7-6-10(3)9-12(11)21-15/h4,10,17H,1,5-9H2,2-3H3/t10-/m1/s1. The molecule has 0 saturated heterocycles. The molecule has 0 unspecified atom stereocenters. The van der Waals surface area contributed by atoms with E-state index in [1.165, 1.54) is 16.9 Å². The van der Waals surface area contributed by atoms with Gasteiger partial charge in [0.2, 0.25) is 0 Å². The average Bonchev–Trinajstić information content (AvgIpc) is 2.82. The minimum atomic E-state index is 0.640. The molecule has 0 fully saturated rings. The first-order valence-corrected chi connectivity index (χ1v) is 9.29. The van der Waals surface area contributed by atoms with Crippen LogP contribution >= 0.6 is 23.1 Å². The van der Waals surface area contributed by atoms with Crippen LogP contribution in [0.4, 0.5) is 0 Å². The van der Waals surface area contributed by atoms with Gasteiger partial charge in [0.05, 0.1) is 5.39 Å². The molecule has 0 bridgehead atoms. The fourth-order valence-electron chi connectivity index (χ4n) is 2.97. The van der Waals surface area contributed by atoms with Crippen LogP contribution in [0.1, 0.15) is 30.7 Å². The molecule has 0 radical (unpaired) electrons. The molecule has 3 nitrogen and oxygen atoms in total. The Labute approximate surface area is 133 Å². The van der Waals surface area contributed by atoms with Crippen LogP contribution < -0.4 is 5.49 Å². The van der Waals surface area contributed by atoms with E-state index in [0.717, 1.165) is 46.4 Å². The van der Waals surface area contributed by atoms with Crippen molar-refractivity contribution in [3.63, 3.8) is 0 Å². The lowest BCUT2D eigenvalue weighted by Crippen LogP contribution is -2.23. The van der Waals surface area contributed by atoms with E-state index in [2.05, 4.69) is 20.4 Å². The average molecular weight is 319 g/mol. The molecule has 0 amide bonds. The number of hydrogen-bond acceptors (Lipinski definition) is 4. The minimum absolute atomic E-state index is 0.640. The third kappa shape index (κ3) is 2.57. The van der Waals surface area contributed by atoms with E-state index in [1.54, 1.807) is 23.1 Å². The fourth-order valence-corrected chi connectivity index (χ4v) is 5.21. The molecule has 1 atom stereocenters. The van der Waals surface area contributed by atoms with Gasteiger partial charge >= 0.3 is 0 Å². The van der Waals surface area contributed by atoms with Crippen LogP contribution in [0, 0.1) is 11.3 Å². The largest absolute Gasteiger partial charge is 0.306 e. The summed E-state index contributed by atoms with van der Waals surface area (Å²) in [5.74, 6) is 1.59. The first-order chi connectivity index (χ1) is 10.2. The van der Waals surface area contributed by atoms with Crippen molar-refractivity contribution in [2.45, 2.75) is 44.8 Å². The molecule has 5 heteroatoms. The highest BCUT2D eigenvalue weighted by molar-refractivity contribution is 7.99. The molecule has 0 aromatic carbocycles. The Balaban J connectivity index is 2.21. The Morgan fingerprint density at radius 3 is 3.10 bits per heavy atom. The summed E-state index contributed by atoms with van der Waals surface area (Å²) in [6, 6.07) is 0. The van der Waals surface area contributed by atoms with Crippen molar-refractivity contribution in [1.82, 2.24) is 9.55 Å². The normalized spacial score (nSPS) is 17.9. The van der Waals surface area contributed by atoms with E-state index in [0.29, 0.717) is 5.49 Å². The van der Waals surface area contributed by atoms with Crippen molar-refractivity contribution in [1.29, 1.82) is 5.41 Å². The van der Waals surface area contributed by atoms with Gasteiger partial charge in [0.15, 0.2) is 5.16 Å². The zero-order chi connectivity index (χ0) is 15.0. The topological polar surface area (TPSA) is 41.7 Å². The summed E-state index contributed by atoms with van der Waals surface area (Å²) in [5.41, 5.74) is 2.04. The highest BCUT2D eigenvalue weighted by atomic mass is 32.2. The molecule has 0 spiro atoms. The molecule has 0 saturated carbocycles. The monoisotopic (exact) mass is 319 g/mol. The lowest BCUT2D eigenvalue weighted by Gasteiger charge is -2.18. The molecule has 0 aliphatic heterocycles. The molecule has 21 heavy (non-hydrogen) atoms. The highest BCUT2D eigenvalue weighted by Gasteiger charge is 2.23.